The molecule has 1 atom stereocenters. The Labute approximate surface area is 171 Å². The number of carbonyl (C=O) groups is 2. The number of likely N-dealkylation sites (tertiary alicyclic amines) is 1. The third kappa shape index (κ3) is 3.81. The number of fused-ring (bicyclic) bond motifs is 1. The average molecular weight is 393 g/mol. The number of aromatic nitrogens is 2. The number of rotatable bonds is 3. The van der Waals surface area contributed by atoms with Crippen molar-refractivity contribution in [1.29, 1.82) is 0 Å². The van der Waals surface area contributed by atoms with Gasteiger partial charge >= 0.3 is 0 Å². The molecule has 0 radical (unpaired) electrons. The molecule has 2 amide bonds. The van der Waals surface area contributed by atoms with Crippen molar-refractivity contribution in [3.63, 3.8) is 0 Å². The minimum atomic E-state index is -0.151. The van der Waals surface area contributed by atoms with Gasteiger partial charge in [-0.3, -0.25) is 9.59 Å². The molecule has 0 spiro atoms. The van der Waals surface area contributed by atoms with Crippen molar-refractivity contribution in [2.75, 3.05) is 25.5 Å². The molecule has 1 aromatic heterocycles. The molecule has 0 saturated carbocycles. The van der Waals surface area contributed by atoms with Crippen molar-refractivity contribution in [3.8, 4) is 0 Å². The van der Waals surface area contributed by atoms with Gasteiger partial charge in [-0.2, -0.15) is 0 Å². The number of hydrogen-bond acceptors (Lipinski definition) is 5. The average Bonchev–Trinajstić information content (AvgIpc) is 2.77. The minimum Gasteiger partial charge on any atom is -0.373 e. The van der Waals surface area contributed by atoms with Crippen molar-refractivity contribution in [2.24, 2.45) is 0 Å². The van der Waals surface area contributed by atoms with Gasteiger partial charge in [0, 0.05) is 38.2 Å². The summed E-state index contributed by atoms with van der Waals surface area (Å²) in [4.78, 5) is 38.4. The molecular weight excluding hydrogens is 366 g/mol. The molecular formula is C22H27N5O2. The molecule has 4 rings (SSSR count). The molecule has 3 heterocycles. The van der Waals surface area contributed by atoms with Gasteiger partial charge in [0.15, 0.2) is 5.82 Å². The van der Waals surface area contributed by atoms with E-state index in [1.165, 1.54) is 0 Å². The molecule has 1 aromatic carbocycles. The first-order valence-corrected chi connectivity index (χ1v) is 10.3. The van der Waals surface area contributed by atoms with Gasteiger partial charge in [-0.15, -0.1) is 0 Å². The lowest BCUT2D eigenvalue weighted by Crippen LogP contribution is -2.40. The molecule has 1 N–H and O–H groups in total. The Kier molecular flexibility index (Phi) is 5.47. The minimum absolute atomic E-state index is 0.0213. The second-order valence-corrected chi connectivity index (χ2v) is 7.67. The van der Waals surface area contributed by atoms with E-state index in [2.05, 4.69) is 5.32 Å². The number of benzene rings is 1. The lowest BCUT2D eigenvalue weighted by atomic mass is 9.98. The van der Waals surface area contributed by atoms with Crippen molar-refractivity contribution in [1.82, 2.24) is 19.8 Å². The predicted molar refractivity (Wildman–Crippen MR) is 110 cm³/mol. The normalized spacial score (nSPS) is 18.9. The molecule has 2 aliphatic rings. The zero-order chi connectivity index (χ0) is 20.4. The monoisotopic (exact) mass is 393 g/mol. The molecule has 152 valence electrons. The van der Waals surface area contributed by atoms with E-state index in [4.69, 9.17) is 9.97 Å². The van der Waals surface area contributed by atoms with Gasteiger partial charge in [0.1, 0.15) is 5.82 Å². The highest BCUT2D eigenvalue weighted by atomic mass is 16.2. The number of anilines is 1. The van der Waals surface area contributed by atoms with Gasteiger partial charge in [0.2, 0.25) is 5.91 Å². The van der Waals surface area contributed by atoms with E-state index in [9.17, 15) is 9.59 Å². The Morgan fingerprint density at radius 1 is 1.10 bits per heavy atom. The van der Waals surface area contributed by atoms with Gasteiger partial charge in [-0.25, -0.2) is 9.97 Å². The summed E-state index contributed by atoms with van der Waals surface area (Å²) in [6.45, 7) is 3.47. The fourth-order valence-corrected chi connectivity index (χ4v) is 4.26. The van der Waals surface area contributed by atoms with Crippen LogP contribution in [0.3, 0.4) is 0 Å². The summed E-state index contributed by atoms with van der Waals surface area (Å²) in [6, 6.07) is 9.24. The standard InChI is InChI=1S/C22H27N5O2/c1-15(28)26-13-11-17-18(14-26)24-21(25-20(17)23-2)19-10-6-7-12-27(19)22(29)16-8-4-3-5-9-16/h3-5,8-9,19H,6-7,10-14H2,1-2H3,(H,23,24,25). The van der Waals surface area contributed by atoms with E-state index in [0.29, 0.717) is 31.0 Å². The maximum Gasteiger partial charge on any atom is 0.254 e. The molecule has 29 heavy (non-hydrogen) atoms. The summed E-state index contributed by atoms with van der Waals surface area (Å²) in [5.74, 6) is 1.56. The topological polar surface area (TPSA) is 78.4 Å². The van der Waals surface area contributed by atoms with Crippen molar-refractivity contribution < 1.29 is 9.59 Å². The molecule has 2 aliphatic heterocycles. The lowest BCUT2D eigenvalue weighted by Gasteiger charge is -2.36. The summed E-state index contributed by atoms with van der Waals surface area (Å²) in [5, 5.41) is 3.20. The molecule has 1 unspecified atom stereocenters. The van der Waals surface area contributed by atoms with Gasteiger partial charge in [0.05, 0.1) is 18.3 Å². The largest absolute Gasteiger partial charge is 0.373 e. The van der Waals surface area contributed by atoms with Gasteiger partial charge in [-0.1, -0.05) is 18.2 Å². The fraction of sp³-hybridized carbons (Fsp3) is 0.455. The number of hydrogen-bond donors (Lipinski definition) is 1. The zero-order valence-electron chi connectivity index (χ0n) is 17.0. The van der Waals surface area contributed by atoms with Crippen molar-refractivity contribution in [2.45, 2.75) is 45.2 Å². The van der Waals surface area contributed by atoms with Gasteiger partial charge in [0.25, 0.3) is 5.91 Å². The summed E-state index contributed by atoms with van der Waals surface area (Å²) in [5.41, 5.74) is 2.65. The van der Waals surface area contributed by atoms with Crippen LogP contribution in [0.15, 0.2) is 30.3 Å². The second kappa shape index (κ2) is 8.19. The summed E-state index contributed by atoms with van der Waals surface area (Å²) in [6.07, 6.45) is 3.61. The van der Waals surface area contributed by atoms with E-state index in [-0.39, 0.29) is 17.9 Å². The van der Waals surface area contributed by atoms with Crippen LogP contribution in [0.4, 0.5) is 5.82 Å². The highest BCUT2D eigenvalue weighted by Crippen LogP contribution is 2.33. The van der Waals surface area contributed by atoms with Crippen molar-refractivity contribution in [3.05, 3.63) is 53.0 Å². The maximum absolute atomic E-state index is 13.2. The third-order valence-corrected chi connectivity index (χ3v) is 5.85. The van der Waals surface area contributed by atoms with E-state index in [1.807, 2.05) is 47.2 Å². The lowest BCUT2D eigenvalue weighted by molar-refractivity contribution is -0.129. The number of nitrogens with zero attached hydrogens (tertiary/aromatic N) is 4. The van der Waals surface area contributed by atoms with Crippen molar-refractivity contribution >= 4 is 17.6 Å². The number of carbonyl (C=O) groups excluding carboxylic acids is 2. The molecule has 1 fully saturated rings. The third-order valence-electron chi connectivity index (χ3n) is 5.85. The second-order valence-electron chi connectivity index (χ2n) is 7.67. The van der Waals surface area contributed by atoms with Crippen LogP contribution in [-0.4, -0.2) is 51.7 Å². The quantitative estimate of drug-likeness (QED) is 0.868. The Morgan fingerprint density at radius 2 is 1.90 bits per heavy atom. The van der Waals surface area contributed by atoms with Crippen LogP contribution in [-0.2, 0) is 17.8 Å². The Morgan fingerprint density at radius 3 is 2.62 bits per heavy atom. The SMILES string of the molecule is CNc1nc(C2CCCCN2C(=O)c2ccccc2)nc2c1CCN(C(C)=O)C2. The van der Waals surface area contributed by atoms with E-state index in [1.54, 1.807) is 6.92 Å². The Hall–Kier alpha value is -2.96. The molecule has 1 saturated heterocycles. The molecule has 0 bridgehead atoms. The smallest absolute Gasteiger partial charge is 0.254 e. The van der Waals surface area contributed by atoms with Gasteiger partial charge < -0.3 is 15.1 Å². The van der Waals surface area contributed by atoms with Crippen LogP contribution in [0, 0.1) is 0 Å². The molecule has 7 nitrogen and oxygen atoms in total. The summed E-state index contributed by atoms with van der Waals surface area (Å²) < 4.78 is 0. The van der Waals surface area contributed by atoms with Crippen LogP contribution in [0.2, 0.25) is 0 Å². The number of amides is 2. The van der Waals surface area contributed by atoms with Crippen LogP contribution in [0.25, 0.3) is 0 Å². The highest BCUT2D eigenvalue weighted by molar-refractivity contribution is 5.94. The molecule has 7 heteroatoms. The zero-order valence-corrected chi connectivity index (χ0v) is 17.0. The van der Waals surface area contributed by atoms with E-state index < -0.39 is 0 Å². The first kappa shape index (κ1) is 19.4. The molecule has 2 aromatic rings. The Balaban J connectivity index is 1.69. The first-order valence-electron chi connectivity index (χ1n) is 10.3. The van der Waals surface area contributed by atoms with Crippen LogP contribution >= 0.6 is 0 Å². The fourth-order valence-electron chi connectivity index (χ4n) is 4.26. The van der Waals surface area contributed by atoms with E-state index >= 15 is 0 Å². The maximum atomic E-state index is 13.2. The van der Waals surface area contributed by atoms with Crippen LogP contribution < -0.4 is 5.32 Å². The first-order chi connectivity index (χ1) is 14.1. The number of piperidine rings is 1. The van der Waals surface area contributed by atoms with E-state index in [0.717, 1.165) is 42.8 Å². The highest BCUT2D eigenvalue weighted by Gasteiger charge is 2.32. The Bertz CT molecular complexity index is 915. The van der Waals surface area contributed by atoms with Crippen LogP contribution in [0.5, 0.6) is 0 Å². The summed E-state index contributed by atoms with van der Waals surface area (Å²) in [7, 11) is 1.86. The summed E-state index contributed by atoms with van der Waals surface area (Å²) >= 11 is 0. The number of nitrogens with one attached hydrogen (secondary N) is 1. The molecule has 0 aliphatic carbocycles. The van der Waals surface area contributed by atoms with Gasteiger partial charge in [-0.05, 0) is 37.8 Å². The predicted octanol–water partition coefficient (Wildman–Crippen LogP) is 2.79. The van der Waals surface area contributed by atoms with Crippen LogP contribution in [0.1, 0.15) is 59.7 Å².